The number of morpholine rings is 1. The molecular formula is C32H31ClF3N5O5. The molecule has 0 saturated carbocycles. The quantitative estimate of drug-likeness (QED) is 0.247. The van der Waals surface area contributed by atoms with Crippen LogP contribution in [0.1, 0.15) is 41.9 Å². The number of hydrogen-bond acceptors (Lipinski definition) is 7. The molecule has 46 heavy (non-hydrogen) atoms. The third kappa shape index (κ3) is 7.73. The van der Waals surface area contributed by atoms with E-state index >= 15 is 4.39 Å². The smallest absolute Gasteiger partial charge is 0.257 e. The molecule has 242 valence electrons. The lowest BCUT2D eigenvalue weighted by atomic mass is 9.84. The largest absolute Gasteiger partial charge is 0.530 e. The minimum Gasteiger partial charge on any atom is -0.530 e. The first kappa shape index (κ1) is 33.1. The van der Waals surface area contributed by atoms with Gasteiger partial charge in [0.2, 0.25) is 11.0 Å². The van der Waals surface area contributed by atoms with E-state index in [0.29, 0.717) is 42.7 Å². The Morgan fingerprint density at radius 2 is 1.78 bits per heavy atom. The van der Waals surface area contributed by atoms with Crippen molar-refractivity contribution < 1.29 is 37.3 Å². The van der Waals surface area contributed by atoms with Crippen LogP contribution in [0.2, 0.25) is 5.02 Å². The molecule has 0 bridgehead atoms. The lowest BCUT2D eigenvalue weighted by Crippen LogP contribution is -2.61. The molecule has 2 amide bonds. The molecule has 10 nitrogen and oxygen atoms in total. The summed E-state index contributed by atoms with van der Waals surface area (Å²) >= 11 is 6.05. The van der Waals surface area contributed by atoms with Crippen molar-refractivity contribution in [2.45, 2.75) is 49.3 Å². The lowest BCUT2D eigenvalue weighted by molar-refractivity contribution is -0.280. The molecule has 2 aliphatic heterocycles. The highest BCUT2D eigenvalue weighted by Gasteiger charge is 2.42. The van der Waals surface area contributed by atoms with Gasteiger partial charge in [-0.1, -0.05) is 29.8 Å². The number of nitrogens with zero attached hydrogens (tertiary/aromatic N) is 3. The molecule has 1 spiro atoms. The van der Waals surface area contributed by atoms with E-state index in [1.807, 2.05) is 0 Å². The van der Waals surface area contributed by atoms with Crippen molar-refractivity contribution in [3.8, 4) is 0 Å². The Labute approximate surface area is 267 Å². The van der Waals surface area contributed by atoms with Crippen molar-refractivity contribution in [2.24, 2.45) is 5.11 Å². The molecule has 0 radical (unpaired) electrons. The summed E-state index contributed by atoms with van der Waals surface area (Å²) in [5.41, 5.74) is 7.38. The van der Waals surface area contributed by atoms with Gasteiger partial charge < -0.3 is 29.6 Å². The van der Waals surface area contributed by atoms with E-state index in [0.717, 1.165) is 12.1 Å². The van der Waals surface area contributed by atoms with E-state index in [2.05, 4.69) is 15.3 Å². The van der Waals surface area contributed by atoms with Crippen LogP contribution < -0.4 is 15.3 Å². The van der Waals surface area contributed by atoms with Crippen LogP contribution >= 0.6 is 11.6 Å². The lowest BCUT2D eigenvalue weighted by Gasteiger charge is -2.49. The highest BCUT2D eigenvalue weighted by molar-refractivity contribution is 6.30. The van der Waals surface area contributed by atoms with Gasteiger partial charge in [-0.2, -0.15) is 0 Å². The van der Waals surface area contributed by atoms with Gasteiger partial charge in [0, 0.05) is 67.4 Å². The third-order valence-corrected chi connectivity index (χ3v) is 8.57. The molecule has 2 fully saturated rings. The maximum absolute atomic E-state index is 15.3. The number of hydrogen-bond donors (Lipinski definition) is 2. The molecule has 3 atom stereocenters. The zero-order valence-electron chi connectivity index (χ0n) is 24.6. The molecule has 0 aromatic heterocycles. The Hall–Kier alpha value is -4.29. The van der Waals surface area contributed by atoms with E-state index in [1.165, 1.54) is 35.2 Å². The van der Waals surface area contributed by atoms with Crippen molar-refractivity contribution in [1.82, 2.24) is 9.81 Å². The summed E-state index contributed by atoms with van der Waals surface area (Å²) in [6.07, 6.45) is -0.590. The van der Waals surface area contributed by atoms with Crippen LogP contribution in [0.4, 0.5) is 23.7 Å². The summed E-state index contributed by atoms with van der Waals surface area (Å²) in [5, 5.41) is 18.7. The van der Waals surface area contributed by atoms with Crippen LogP contribution in [0.5, 0.6) is 0 Å². The molecule has 5 rings (SSSR count). The van der Waals surface area contributed by atoms with Gasteiger partial charge in [-0.15, -0.1) is 0 Å². The number of ether oxygens (including phenoxy) is 2. The van der Waals surface area contributed by atoms with Gasteiger partial charge in [-0.25, -0.2) is 13.2 Å². The summed E-state index contributed by atoms with van der Waals surface area (Å²) in [6, 6.07) is 11.6. The molecule has 3 aromatic carbocycles. The van der Waals surface area contributed by atoms with Gasteiger partial charge >= 0.3 is 0 Å². The minimum atomic E-state index is -1.50. The Morgan fingerprint density at radius 3 is 2.43 bits per heavy atom. The molecule has 1 unspecified atom stereocenters. The number of benzene rings is 3. The van der Waals surface area contributed by atoms with Gasteiger partial charge in [0.15, 0.2) is 0 Å². The van der Waals surface area contributed by atoms with Crippen LogP contribution in [0.15, 0.2) is 65.8 Å². The van der Waals surface area contributed by atoms with Crippen LogP contribution in [0.25, 0.3) is 0 Å². The predicted molar refractivity (Wildman–Crippen MR) is 159 cm³/mol. The molecule has 2 heterocycles. The Balaban J connectivity index is 1.41. The molecule has 2 aliphatic rings. The summed E-state index contributed by atoms with van der Waals surface area (Å²) < 4.78 is 55.7. The number of halogens is 4. The van der Waals surface area contributed by atoms with Crippen molar-refractivity contribution in [3.63, 3.8) is 0 Å². The molecular weight excluding hydrogens is 627 g/mol. The second-order valence-electron chi connectivity index (χ2n) is 11.4. The average molecular weight is 658 g/mol. The number of rotatable bonds is 9. The SMILES string of the molecule is N=[N+]=N[C@H](C(=O)Nc1cccc(F)c1CCC1CN(C(=O)[O-])CC2(CCOCC2)O1)[C@@H](c1ccc(Cl)cc1)c1cc(F)cc(F)c1. The highest BCUT2D eigenvalue weighted by atomic mass is 35.5. The fraction of sp³-hybridized carbons (Fsp3) is 0.375. The Bertz CT molecular complexity index is 1610. The first-order valence-corrected chi connectivity index (χ1v) is 15.0. The Morgan fingerprint density at radius 1 is 1.09 bits per heavy atom. The zero-order chi connectivity index (χ0) is 32.8. The number of carboxylic acid groups (broad SMARTS) is 1. The maximum atomic E-state index is 15.3. The van der Waals surface area contributed by atoms with Crippen molar-refractivity contribution >= 4 is 29.3 Å². The fourth-order valence-corrected chi connectivity index (χ4v) is 6.28. The van der Waals surface area contributed by atoms with Crippen LogP contribution in [0.3, 0.4) is 0 Å². The standard InChI is InChI=1S/C32H31ClF3N5O5/c33-21-6-4-19(5-7-21)28(20-14-22(34)16-23(35)15-20)29(39-40-37)30(42)38-27-3-1-2-26(36)25(27)9-8-24-17-41(31(43)44)18-32(46-24)10-12-45-13-11-32/h1-7,14-16,24,28-29,37H,8-13,17-18H2,(H-,38,42,43,44)/t24?,28-,29-/m0/s1. The first-order valence-electron chi connectivity index (χ1n) is 14.7. The van der Waals surface area contributed by atoms with Gasteiger partial charge in [-0.05, 0) is 60.4 Å². The van der Waals surface area contributed by atoms with Gasteiger partial charge in [0.25, 0.3) is 5.91 Å². The van der Waals surface area contributed by atoms with Crippen LogP contribution in [0, 0.1) is 23.0 Å². The average Bonchev–Trinajstić information content (AvgIpc) is 3.01. The number of nitrogens with one attached hydrogen (secondary N) is 2. The topological polar surface area (TPSA) is 141 Å². The van der Waals surface area contributed by atoms with Crippen LogP contribution in [-0.2, 0) is 20.7 Å². The molecule has 3 aromatic rings. The zero-order valence-corrected chi connectivity index (χ0v) is 25.3. The number of carbonyl (C=O) groups excluding carboxylic acids is 2. The molecule has 0 aliphatic carbocycles. The van der Waals surface area contributed by atoms with Crippen molar-refractivity contribution in [3.05, 3.63) is 99.8 Å². The van der Waals surface area contributed by atoms with Gasteiger partial charge in [0.05, 0.1) is 11.7 Å². The first-order chi connectivity index (χ1) is 22.1. The Kier molecular flexibility index (Phi) is 10.4. The summed E-state index contributed by atoms with van der Waals surface area (Å²) in [6.45, 7) is 1.05. The summed E-state index contributed by atoms with van der Waals surface area (Å²) in [5.74, 6) is -4.30. The van der Waals surface area contributed by atoms with E-state index in [9.17, 15) is 23.5 Å². The van der Waals surface area contributed by atoms with Gasteiger partial charge in [0.1, 0.15) is 34.2 Å². The normalized spacial score (nSPS) is 18.8. The van der Waals surface area contributed by atoms with Crippen LogP contribution in [-0.4, -0.2) is 61.0 Å². The van der Waals surface area contributed by atoms with Gasteiger partial charge in [-0.3, -0.25) is 4.79 Å². The van der Waals surface area contributed by atoms with E-state index < -0.39 is 53.1 Å². The van der Waals surface area contributed by atoms with E-state index in [1.54, 1.807) is 12.1 Å². The summed E-state index contributed by atoms with van der Waals surface area (Å²) in [7, 11) is 0. The minimum absolute atomic E-state index is 0.0417. The van der Waals surface area contributed by atoms with E-state index in [-0.39, 0.29) is 42.7 Å². The molecule has 2 N–H and O–H groups in total. The van der Waals surface area contributed by atoms with Crippen molar-refractivity contribution in [2.75, 3.05) is 31.6 Å². The second kappa shape index (κ2) is 14.4. The van der Waals surface area contributed by atoms with E-state index in [4.69, 9.17) is 26.6 Å². The molecule has 2 saturated heterocycles. The number of amides is 2. The van der Waals surface area contributed by atoms with Crippen molar-refractivity contribution in [1.29, 1.82) is 5.53 Å². The maximum Gasteiger partial charge on any atom is 0.257 e. The fourth-order valence-electron chi connectivity index (χ4n) is 6.15. The highest BCUT2D eigenvalue weighted by Crippen LogP contribution is 2.35. The third-order valence-electron chi connectivity index (χ3n) is 8.31. The number of anilines is 1. The predicted octanol–water partition coefficient (Wildman–Crippen LogP) is 4.97. The monoisotopic (exact) mass is 657 g/mol. The summed E-state index contributed by atoms with van der Waals surface area (Å²) in [4.78, 5) is 29.9. The second-order valence-corrected chi connectivity index (χ2v) is 11.8. The number of carbonyl (C=O) groups is 2. The molecule has 14 heteroatoms.